The number of nitrogens with zero attached hydrogens (tertiary/aromatic N) is 2. The van der Waals surface area contributed by atoms with Gasteiger partial charge in [0.2, 0.25) is 0 Å². The van der Waals surface area contributed by atoms with E-state index in [9.17, 15) is 4.79 Å². The highest BCUT2D eigenvalue weighted by atomic mass is 16.4. The van der Waals surface area contributed by atoms with Gasteiger partial charge in [0, 0.05) is 19.6 Å². The summed E-state index contributed by atoms with van der Waals surface area (Å²) in [6.45, 7) is 2.75. The first kappa shape index (κ1) is 15.3. The molecule has 1 aromatic carbocycles. The van der Waals surface area contributed by atoms with Crippen molar-refractivity contribution < 1.29 is 9.90 Å². The van der Waals surface area contributed by atoms with E-state index in [-0.39, 0.29) is 0 Å². The van der Waals surface area contributed by atoms with Crippen LogP contribution in [0.15, 0.2) is 42.6 Å². The Morgan fingerprint density at radius 1 is 1.17 bits per heavy atom. The zero-order chi connectivity index (χ0) is 16.1. The lowest BCUT2D eigenvalue weighted by molar-refractivity contribution is 0.0697. The number of pyridine rings is 1. The van der Waals surface area contributed by atoms with E-state index >= 15 is 0 Å². The molecule has 2 N–H and O–H groups in total. The summed E-state index contributed by atoms with van der Waals surface area (Å²) in [6.07, 6.45) is 5.62. The summed E-state index contributed by atoms with van der Waals surface area (Å²) < 4.78 is 0. The molecule has 0 saturated carbocycles. The van der Waals surface area contributed by atoms with Crippen molar-refractivity contribution in [1.29, 1.82) is 0 Å². The summed E-state index contributed by atoms with van der Waals surface area (Å²) in [4.78, 5) is 17.8. The van der Waals surface area contributed by atoms with Crippen LogP contribution < -0.4 is 10.2 Å². The Hall–Kier alpha value is -2.56. The molecule has 0 spiro atoms. The van der Waals surface area contributed by atoms with Crippen molar-refractivity contribution in [2.45, 2.75) is 25.8 Å². The molecule has 1 aliphatic heterocycles. The smallest absolute Gasteiger partial charge is 0.335 e. The molecule has 23 heavy (non-hydrogen) atoms. The molecule has 0 bridgehead atoms. The van der Waals surface area contributed by atoms with E-state index in [4.69, 9.17) is 5.11 Å². The predicted octanol–water partition coefficient (Wildman–Crippen LogP) is 3.38. The molecule has 5 heteroatoms. The van der Waals surface area contributed by atoms with Gasteiger partial charge in [-0.2, -0.15) is 0 Å². The number of anilines is 2. The van der Waals surface area contributed by atoms with E-state index in [0.717, 1.165) is 30.2 Å². The summed E-state index contributed by atoms with van der Waals surface area (Å²) in [5.74, 6) is 0.127. The number of rotatable bonds is 5. The molecule has 120 valence electrons. The van der Waals surface area contributed by atoms with Crippen LogP contribution in [0.3, 0.4) is 0 Å². The van der Waals surface area contributed by atoms with Gasteiger partial charge in [-0.1, -0.05) is 12.1 Å². The fourth-order valence-electron chi connectivity index (χ4n) is 2.82. The minimum Gasteiger partial charge on any atom is -0.478 e. The molecule has 0 atom stereocenters. The van der Waals surface area contributed by atoms with Crippen LogP contribution in [0.5, 0.6) is 0 Å². The van der Waals surface area contributed by atoms with Gasteiger partial charge in [-0.3, -0.25) is 0 Å². The number of hydrogen-bond acceptors (Lipinski definition) is 4. The summed E-state index contributed by atoms with van der Waals surface area (Å²) in [7, 11) is 0. The minimum absolute atomic E-state index is 0.308. The Kier molecular flexibility index (Phi) is 4.76. The number of aromatic carboxylic acids is 1. The second-order valence-corrected chi connectivity index (χ2v) is 5.81. The Labute approximate surface area is 136 Å². The lowest BCUT2D eigenvalue weighted by Crippen LogP contribution is -2.30. The molecule has 1 aliphatic rings. The number of hydrogen-bond donors (Lipinski definition) is 2. The van der Waals surface area contributed by atoms with E-state index in [0.29, 0.717) is 12.1 Å². The molecule has 0 unspecified atom stereocenters. The van der Waals surface area contributed by atoms with Gasteiger partial charge < -0.3 is 15.3 Å². The van der Waals surface area contributed by atoms with Gasteiger partial charge in [0.05, 0.1) is 17.4 Å². The highest BCUT2D eigenvalue weighted by Gasteiger charge is 2.11. The van der Waals surface area contributed by atoms with Crippen molar-refractivity contribution in [1.82, 2.24) is 4.98 Å². The summed E-state index contributed by atoms with van der Waals surface area (Å²) >= 11 is 0. The highest BCUT2D eigenvalue weighted by Crippen LogP contribution is 2.19. The monoisotopic (exact) mass is 311 g/mol. The number of carboxylic acids is 1. The zero-order valence-electron chi connectivity index (χ0n) is 13.0. The first-order valence-corrected chi connectivity index (χ1v) is 7.99. The predicted molar refractivity (Wildman–Crippen MR) is 91.0 cm³/mol. The Bertz CT molecular complexity index is 664. The second-order valence-electron chi connectivity index (χ2n) is 5.81. The maximum absolute atomic E-state index is 11.0. The molecule has 0 amide bonds. The molecule has 1 saturated heterocycles. The van der Waals surface area contributed by atoms with Crippen molar-refractivity contribution in [3.63, 3.8) is 0 Å². The summed E-state index contributed by atoms with van der Waals surface area (Å²) in [5, 5.41) is 12.3. The quantitative estimate of drug-likeness (QED) is 0.886. The average molecular weight is 311 g/mol. The van der Waals surface area contributed by atoms with Crippen molar-refractivity contribution in [2.24, 2.45) is 0 Å². The van der Waals surface area contributed by atoms with Gasteiger partial charge in [-0.25, -0.2) is 9.78 Å². The normalized spacial score (nSPS) is 14.5. The first-order valence-electron chi connectivity index (χ1n) is 7.99. The SMILES string of the molecule is O=C(O)c1cccc(CNc2ccc(N3CCCCC3)nc2)c1. The minimum atomic E-state index is -0.903. The molecule has 5 nitrogen and oxygen atoms in total. The van der Waals surface area contributed by atoms with Gasteiger partial charge in [0.25, 0.3) is 0 Å². The second kappa shape index (κ2) is 7.13. The van der Waals surface area contributed by atoms with Crippen molar-refractivity contribution >= 4 is 17.5 Å². The topological polar surface area (TPSA) is 65.5 Å². The molecule has 0 radical (unpaired) electrons. The van der Waals surface area contributed by atoms with Gasteiger partial charge in [-0.05, 0) is 49.1 Å². The first-order chi connectivity index (χ1) is 11.2. The molecule has 3 rings (SSSR count). The van der Waals surface area contributed by atoms with Crippen LogP contribution in [-0.2, 0) is 6.54 Å². The molecular formula is C18H21N3O2. The van der Waals surface area contributed by atoms with E-state index < -0.39 is 5.97 Å². The molecule has 2 heterocycles. The van der Waals surface area contributed by atoms with Crippen LogP contribution in [0.1, 0.15) is 35.2 Å². The van der Waals surface area contributed by atoms with Crippen molar-refractivity contribution in [2.75, 3.05) is 23.3 Å². The number of carbonyl (C=O) groups is 1. The Morgan fingerprint density at radius 3 is 2.70 bits per heavy atom. The van der Waals surface area contributed by atoms with Gasteiger partial charge in [0.15, 0.2) is 0 Å². The lowest BCUT2D eigenvalue weighted by atomic mass is 10.1. The largest absolute Gasteiger partial charge is 0.478 e. The molecule has 1 fully saturated rings. The fraction of sp³-hybridized carbons (Fsp3) is 0.333. The molecule has 1 aromatic heterocycles. The Balaban J connectivity index is 1.60. The summed E-state index contributed by atoms with van der Waals surface area (Å²) in [6, 6.07) is 11.0. The van der Waals surface area contributed by atoms with Gasteiger partial charge in [0.1, 0.15) is 5.82 Å². The van der Waals surface area contributed by atoms with Crippen LogP contribution in [0.2, 0.25) is 0 Å². The molecular weight excluding hydrogens is 290 g/mol. The van der Waals surface area contributed by atoms with E-state index in [1.54, 1.807) is 18.2 Å². The van der Waals surface area contributed by atoms with Crippen LogP contribution in [-0.4, -0.2) is 29.1 Å². The van der Waals surface area contributed by atoms with Gasteiger partial charge >= 0.3 is 5.97 Å². The average Bonchev–Trinajstić information content (AvgIpc) is 2.61. The van der Waals surface area contributed by atoms with E-state index in [1.807, 2.05) is 24.4 Å². The number of benzene rings is 1. The zero-order valence-corrected chi connectivity index (χ0v) is 13.0. The number of nitrogens with one attached hydrogen (secondary N) is 1. The van der Waals surface area contributed by atoms with E-state index in [2.05, 4.69) is 15.2 Å². The fourth-order valence-corrected chi connectivity index (χ4v) is 2.82. The maximum Gasteiger partial charge on any atom is 0.335 e. The van der Waals surface area contributed by atoms with Crippen molar-refractivity contribution in [3.8, 4) is 0 Å². The van der Waals surface area contributed by atoms with Crippen LogP contribution in [0, 0.1) is 0 Å². The molecule has 0 aliphatic carbocycles. The van der Waals surface area contributed by atoms with Crippen molar-refractivity contribution in [3.05, 3.63) is 53.7 Å². The Morgan fingerprint density at radius 2 is 2.00 bits per heavy atom. The highest BCUT2D eigenvalue weighted by molar-refractivity contribution is 5.87. The maximum atomic E-state index is 11.0. The standard InChI is InChI=1S/C18H21N3O2/c22-18(23)15-6-4-5-14(11-15)12-19-16-7-8-17(20-13-16)21-9-2-1-3-10-21/h4-8,11,13,19H,1-3,9-10,12H2,(H,22,23). The van der Waals surface area contributed by atoms with Crippen LogP contribution in [0.25, 0.3) is 0 Å². The third kappa shape index (κ3) is 4.00. The number of carboxylic acid groups (broad SMARTS) is 1. The molecule has 2 aromatic rings. The van der Waals surface area contributed by atoms with Crippen LogP contribution >= 0.6 is 0 Å². The van der Waals surface area contributed by atoms with E-state index in [1.165, 1.54) is 19.3 Å². The third-order valence-corrected chi connectivity index (χ3v) is 4.10. The van der Waals surface area contributed by atoms with Gasteiger partial charge in [-0.15, -0.1) is 0 Å². The number of aromatic nitrogens is 1. The third-order valence-electron chi connectivity index (χ3n) is 4.10. The lowest BCUT2D eigenvalue weighted by Gasteiger charge is -2.27. The number of piperidine rings is 1. The van der Waals surface area contributed by atoms with Crippen LogP contribution in [0.4, 0.5) is 11.5 Å². The summed E-state index contributed by atoms with van der Waals surface area (Å²) in [5.41, 5.74) is 2.18.